The van der Waals surface area contributed by atoms with Gasteiger partial charge in [0.15, 0.2) is 0 Å². The Hall–Kier alpha value is -6.28. The molecule has 0 aliphatic carbocycles. The number of hydrogen-bond acceptors (Lipinski definition) is 14. The predicted octanol–water partition coefficient (Wildman–Crippen LogP) is 6.77. The minimum Gasteiger partial charge on any atom is -0.463 e. The minimum absolute atomic E-state index is 0.0744. The first-order valence-electron chi connectivity index (χ1n) is 15.9. The van der Waals surface area contributed by atoms with E-state index < -0.39 is 30.2 Å². The van der Waals surface area contributed by atoms with Crippen molar-refractivity contribution in [2.45, 2.75) is 32.6 Å². The monoisotopic (exact) mass is 720 g/mol. The molecule has 0 spiro atoms. The molecular weight excluding hydrogens is 680 g/mol. The third-order valence-corrected chi connectivity index (χ3v) is 6.37. The van der Waals surface area contributed by atoms with Crippen LogP contribution in [0.15, 0.2) is 92.0 Å². The number of unbranched alkanes of at least 4 members (excludes halogenated alkanes) is 2. The Balaban J connectivity index is 0.00000222. The zero-order valence-electron chi connectivity index (χ0n) is 28.9. The fraction of sp³-hybridized carbons (Fsp3) is 0.263. The summed E-state index contributed by atoms with van der Waals surface area (Å²) in [6.45, 7) is 9.13. The van der Waals surface area contributed by atoms with Crippen molar-refractivity contribution in [1.82, 2.24) is 0 Å². The summed E-state index contributed by atoms with van der Waals surface area (Å²) in [5.41, 5.74) is 0.942. The molecule has 0 radical (unpaired) electrons. The van der Waals surface area contributed by atoms with Crippen molar-refractivity contribution < 1.29 is 66.7 Å². The van der Waals surface area contributed by atoms with E-state index in [0.29, 0.717) is 37.7 Å². The van der Waals surface area contributed by atoms with Crippen molar-refractivity contribution in [1.29, 1.82) is 0 Å². The fourth-order valence-corrected chi connectivity index (χ4v) is 3.79. The Labute approximate surface area is 300 Å². The SMILES string of the molecule is C=CC(=O)OCCCCOC(=O)Oc1ccc(C(=O)Oc2ccc(OC(=O)c3ccc(OC(=O)OCCCCOC)cc3)c(C)c2)cc1.C=CC=O. The number of carbonyl (C=O) groups is 6. The number of carbonyl (C=O) groups excluding carboxylic acids is 6. The van der Waals surface area contributed by atoms with E-state index in [1.54, 1.807) is 14.0 Å². The largest absolute Gasteiger partial charge is 0.513 e. The molecular formula is C38H40O14. The molecule has 0 aliphatic rings. The lowest BCUT2D eigenvalue weighted by Crippen LogP contribution is -2.13. The van der Waals surface area contributed by atoms with Gasteiger partial charge in [0.2, 0.25) is 0 Å². The summed E-state index contributed by atoms with van der Waals surface area (Å²) in [6.07, 6.45) is 3.50. The maximum Gasteiger partial charge on any atom is 0.513 e. The van der Waals surface area contributed by atoms with Crippen LogP contribution in [0.25, 0.3) is 0 Å². The van der Waals surface area contributed by atoms with Gasteiger partial charge in [-0.2, -0.15) is 0 Å². The van der Waals surface area contributed by atoms with Gasteiger partial charge >= 0.3 is 30.2 Å². The van der Waals surface area contributed by atoms with Crippen LogP contribution in [0, 0.1) is 6.92 Å². The molecule has 3 aromatic rings. The first-order chi connectivity index (χ1) is 25.1. The zero-order valence-corrected chi connectivity index (χ0v) is 28.9. The summed E-state index contributed by atoms with van der Waals surface area (Å²) < 4.78 is 40.8. The number of methoxy groups -OCH3 is 1. The highest BCUT2D eigenvalue weighted by Crippen LogP contribution is 2.26. The Morgan fingerprint density at radius 2 is 1.04 bits per heavy atom. The number of esters is 3. The Morgan fingerprint density at radius 3 is 1.48 bits per heavy atom. The summed E-state index contributed by atoms with van der Waals surface area (Å²) in [6, 6.07) is 16.0. The molecule has 0 aromatic heterocycles. The predicted molar refractivity (Wildman–Crippen MR) is 186 cm³/mol. The second-order valence-corrected chi connectivity index (χ2v) is 10.3. The number of ether oxygens (including phenoxy) is 8. The third kappa shape index (κ3) is 16.4. The van der Waals surface area contributed by atoms with E-state index in [9.17, 15) is 24.0 Å². The molecule has 0 saturated carbocycles. The van der Waals surface area contributed by atoms with Gasteiger partial charge < -0.3 is 37.9 Å². The number of aryl methyl sites for hydroxylation is 1. The molecule has 0 aliphatic heterocycles. The Bertz CT molecular complexity index is 1640. The molecule has 3 rings (SSSR count). The molecule has 0 N–H and O–H groups in total. The zero-order chi connectivity index (χ0) is 38.1. The number of allylic oxidation sites excluding steroid dienone is 1. The summed E-state index contributed by atoms with van der Waals surface area (Å²) in [7, 11) is 1.60. The average Bonchev–Trinajstić information content (AvgIpc) is 3.14. The quantitative estimate of drug-likeness (QED) is 0.0256. The van der Waals surface area contributed by atoms with Crippen molar-refractivity contribution >= 4 is 36.5 Å². The smallest absolute Gasteiger partial charge is 0.463 e. The molecule has 0 bridgehead atoms. The van der Waals surface area contributed by atoms with E-state index in [-0.39, 0.29) is 53.9 Å². The van der Waals surface area contributed by atoms with E-state index in [1.165, 1.54) is 72.8 Å². The van der Waals surface area contributed by atoms with Gasteiger partial charge in [0.05, 0.1) is 30.9 Å². The molecule has 0 atom stereocenters. The van der Waals surface area contributed by atoms with E-state index in [0.717, 1.165) is 12.5 Å². The van der Waals surface area contributed by atoms with Crippen molar-refractivity contribution in [2.24, 2.45) is 0 Å². The summed E-state index contributed by atoms with van der Waals surface area (Å²) in [4.78, 5) is 69.1. The maximum absolute atomic E-state index is 12.7. The van der Waals surface area contributed by atoms with E-state index in [1.807, 2.05) is 0 Å². The van der Waals surface area contributed by atoms with Crippen molar-refractivity contribution in [3.05, 3.63) is 109 Å². The van der Waals surface area contributed by atoms with Crippen molar-refractivity contribution in [3.8, 4) is 23.0 Å². The highest BCUT2D eigenvalue weighted by Gasteiger charge is 2.15. The van der Waals surface area contributed by atoms with Crippen molar-refractivity contribution in [2.75, 3.05) is 33.5 Å². The highest BCUT2D eigenvalue weighted by molar-refractivity contribution is 5.92. The number of aldehydes is 1. The van der Waals surface area contributed by atoms with Crippen LogP contribution in [-0.2, 0) is 28.5 Å². The molecule has 0 unspecified atom stereocenters. The molecule has 0 heterocycles. The molecule has 0 fully saturated rings. The lowest BCUT2D eigenvalue weighted by molar-refractivity contribution is -0.137. The molecule has 52 heavy (non-hydrogen) atoms. The number of benzene rings is 3. The lowest BCUT2D eigenvalue weighted by Gasteiger charge is -2.11. The summed E-state index contributed by atoms with van der Waals surface area (Å²) in [5, 5.41) is 0. The molecule has 0 amide bonds. The van der Waals surface area contributed by atoms with Crippen molar-refractivity contribution in [3.63, 3.8) is 0 Å². The third-order valence-electron chi connectivity index (χ3n) is 6.37. The minimum atomic E-state index is -0.919. The topological polar surface area (TPSA) is 176 Å². The molecule has 276 valence electrons. The van der Waals surface area contributed by atoms with Crippen LogP contribution in [-0.4, -0.2) is 70.0 Å². The van der Waals surface area contributed by atoms with Gasteiger partial charge in [-0.25, -0.2) is 24.0 Å². The van der Waals surface area contributed by atoms with Gasteiger partial charge in [-0.3, -0.25) is 4.79 Å². The second kappa shape index (κ2) is 24.0. The highest BCUT2D eigenvalue weighted by atomic mass is 16.7. The van der Waals surface area contributed by atoms with Gasteiger partial charge in [0.25, 0.3) is 0 Å². The molecule has 3 aromatic carbocycles. The maximum atomic E-state index is 12.7. The first kappa shape index (κ1) is 41.9. The van der Waals surface area contributed by atoms with Crippen LogP contribution >= 0.6 is 0 Å². The average molecular weight is 721 g/mol. The summed E-state index contributed by atoms with van der Waals surface area (Å²) >= 11 is 0. The van der Waals surface area contributed by atoms with Gasteiger partial charge in [-0.05, 0) is 111 Å². The van der Waals surface area contributed by atoms with Crippen LogP contribution in [0.1, 0.15) is 52.0 Å². The van der Waals surface area contributed by atoms with Gasteiger partial charge in [-0.1, -0.05) is 13.2 Å². The Kier molecular flexibility index (Phi) is 19.3. The van der Waals surface area contributed by atoms with Crippen LogP contribution in [0.5, 0.6) is 23.0 Å². The van der Waals surface area contributed by atoms with E-state index in [4.69, 9.17) is 42.7 Å². The van der Waals surface area contributed by atoms with Gasteiger partial charge in [0, 0.05) is 19.8 Å². The van der Waals surface area contributed by atoms with Crippen LogP contribution in [0.4, 0.5) is 9.59 Å². The molecule has 14 heteroatoms. The second-order valence-electron chi connectivity index (χ2n) is 10.3. The van der Waals surface area contributed by atoms with E-state index in [2.05, 4.69) is 13.2 Å². The van der Waals surface area contributed by atoms with E-state index >= 15 is 0 Å². The normalized spacial score (nSPS) is 9.88. The lowest BCUT2D eigenvalue weighted by atomic mass is 10.2. The van der Waals surface area contributed by atoms with Crippen LogP contribution in [0.2, 0.25) is 0 Å². The molecule has 0 saturated heterocycles. The van der Waals surface area contributed by atoms with Gasteiger partial charge in [0.1, 0.15) is 29.3 Å². The number of rotatable bonds is 18. The van der Waals surface area contributed by atoms with Gasteiger partial charge in [-0.15, -0.1) is 0 Å². The molecule has 14 nitrogen and oxygen atoms in total. The van der Waals surface area contributed by atoms with Crippen LogP contribution < -0.4 is 18.9 Å². The first-order valence-corrected chi connectivity index (χ1v) is 15.9. The van der Waals surface area contributed by atoms with Crippen LogP contribution in [0.3, 0.4) is 0 Å². The standard InChI is InChI=1S/C35H36O13.C3H4O/c1-4-31(36)42-20-7-8-22-44-35(40)46-27-13-9-25(10-14-27)32(37)45-29-17-18-30(24(2)23-29)48-33(38)26-11-15-28(16-12-26)47-34(39)43-21-6-5-19-41-3;1-2-3-4/h4,9-18,23H,1,5-8,19-22H2,2-3H3;2-3H,1H2. The Morgan fingerprint density at radius 1 is 0.596 bits per heavy atom. The fourth-order valence-electron chi connectivity index (χ4n) is 3.79. The number of hydrogen-bond donors (Lipinski definition) is 0. The summed E-state index contributed by atoms with van der Waals surface area (Å²) in [5.74, 6) is -0.999.